The zero-order chi connectivity index (χ0) is 14.7. The van der Waals surface area contributed by atoms with Gasteiger partial charge in [-0.2, -0.15) is 0 Å². The second-order valence-corrected chi connectivity index (χ2v) is 7.37. The third-order valence-corrected chi connectivity index (χ3v) is 5.72. The molecule has 4 atom stereocenters. The van der Waals surface area contributed by atoms with E-state index in [-0.39, 0.29) is 0 Å². The summed E-state index contributed by atoms with van der Waals surface area (Å²) in [5.41, 5.74) is 1.49. The lowest BCUT2D eigenvalue weighted by molar-refractivity contribution is 0.296. The van der Waals surface area contributed by atoms with Crippen LogP contribution in [0, 0.1) is 17.8 Å². The summed E-state index contributed by atoms with van der Waals surface area (Å²) in [6.45, 7) is 6.92. The Labute approximate surface area is 130 Å². The first-order chi connectivity index (χ1) is 10.3. The van der Waals surface area contributed by atoms with Gasteiger partial charge in [-0.3, -0.25) is 0 Å². The molecule has 4 unspecified atom stereocenters. The first kappa shape index (κ1) is 15.1. The van der Waals surface area contributed by atoms with Crippen LogP contribution in [0.15, 0.2) is 18.5 Å². The van der Waals surface area contributed by atoms with Crippen LogP contribution in [-0.4, -0.2) is 11.1 Å². The molecule has 0 aliphatic heterocycles. The molecule has 2 aliphatic carbocycles. The largest absolute Gasteiger partial charge is 0.354 e. The molecule has 0 spiro atoms. The molecule has 2 nitrogen and oxygen atoms in total. The summed E-state index contributed by atoms with van der Waals surface area (Å²) in [5.74, 6) is 3.05. The van der Waals surface area contributed by atoms with Gasteiger partial charge in [0.05, 0.1) is 0 Å². The monoisotopic (exact) mass is 288 g/mol. The molecule has 1 aromatic rings. The van der Waals surface area contributed by atoms with Gasteiger partial charge in [-0.15, -0.1) is 0 Å². The molecule has 2 fully saturated rings. The van der Waals surface area contributed by atoms with Crippen LogP contribution >= 0.6 is 0 Å². The Balaban J connectivity index is 1.59. The van der Waals surface area contributed by atoms with Gasteiger partial charge in [0, 0.05) is 25.0 Å². The van der Waals surface area contributed by atoms with E-state index in [1.54, 1.807) is 0 Å². The van der Waals surface area contributed by atoms with Crippen molar-refractivity contribution in [3.8, 4) is 0 Å². The molecular formula is C19H32N2. The number of nitrogens with zero attached hydrogens (tertiary/aromatic N) is 1. The molecule has 2 aliphatic rings. The van der Waals surface area contributed by atoms with Crippen molar-refractivity contribution in [2.24, 2.45) is 17.8 Å². The van der Waals surface area contributed by atoms with E-state index in [0.29, 0.717) is 6.04 Å². The minimum atomic E-state index is 0.552. The predicted molar refractivity (Wildman–Crippen MR) is 89.3 cm³/mol. The van der Waals surface area contributed by atoms with Gasteiger partial charge in [0.1, 0.15) is 0 Å². The van der Waals surface area contributed by atoms with Crippen molar-refractivity contribution in [2.75, 3.05) is 6.54 Å². The van der Waals surface area contributed by atoms with Crippen LogP contribution in [0.1, 0.15) is 70.4 Å². The van der Waals surface area contributed by atoms with Crippen molar-refractivity contribution >= 4 is 0 Å². The highest BCUT2D eigenvalue weighted by Crippen LogP contribution is 2.48. The summed E-state index contributed by atoms with van der Waals surface area (Å²) in [6.07, 6.45) is 14.5. The SMILES string of the molecule is CCCNC(CCC)c1ccn(CC2CC3CCC2C3)c1. The maximum Gasteiger partial charge on any atom is 0.0335 e. The fourth-order valence-corrected chi connectivity index (χ4v) is 4.64. The maximum absolute atomic E-state index is 3.71. The van der Waals surface area contributed by atoms with Gasteiger partial charge < -0.3 is 9.88 Å². The van der Waals surface area contributed by atoms with E-state index in [2.05, 4.69) is 42.2 Å². The molecule has 0 amide bonds. The summed E-state index contributed by atoms with van der Waals surface area (Å²) >= 11 is 0. The van der Waals surface area contributed by atoms with Crippen LogP contribution < -0.4 is 5.32 Å². The summed E-state index contributed by atoms with van der Waals surface area (Å²) in [4.78, 5) is 0. The van der Waals surface area contributed by atoms with Gasteiger partial charge in [0.15, 0.2) is 0 Å². The van der Waals surface area contributed by atoms with E-state index >= 15 is 0 Å². The normalized spacial score (nSPS) is 29.1. The highest BCUT2D eigenvalue weighted by molar-refractivity contribution is 5.15. The summed E-state index contributed by atoms with van der Waals surface area (Å²) in [6, 6.07) is 2.90. The molecule has 0 radical (unpaired) electrons. The van der Waals surface area contributed by atoms with Gasteiger partial charge in [-0.25, -0.2) is 0 Å². The highest BCUT2D eigenvalue weighted by atomic mass is 15.0. The van der Waals surface area contributed by atoms with Crippen LogP contribution in [0.5, 0.6) is 0 Å². The molecule has 2 bridgehead atoms. The third-order valence-electron chi connectivity index (χ3n) is 5.72. The maximum atomic E-state index is 3.71. The Bertz CT molecular complexity index is 437. The van der Waals surface area contributed by atoms with Gasteiger partial charge >= 0.3 is 0 Å². The zero-order valence-corrected chi connectivity index (χ0v) is 13.9. The summed E-state index contributed by atoms with van der Waals surface area (Å²) in [7, 11) is 0. The summed E-state index contributed by atoms with van der Waals surface area (Å²) in [5, 5.41) is 3.71. The highest BCUT2D eigenvalue weighted by Gasteiger charge is 2.39. The zero-order valence-electron chi connectivity index (χ0n) is 13.9. The van der Waals surface area contributed by atoms with E-state index in [1.807, 2.05) is 0 Å². The second-order valence-electron chi connectivity index (χ2n) is 7.37. The molecule has 21 heavy (non-hydrogen) atoms. The van der Waals surface area contributed by atoms with Crippen molar-refractivity contribution in [1.29, 1.82) is 0 Å². The Morgan fingerprint density at radius 3 is 2.81 bits per heavy atom. The lowest BCUT2D eigenvalue weighted by atomic mass is 9.89. The molecule has 0 aromatic carbocycles. The van der Waals surface area contributed by atoms with Crippen molar-refractivity contribution in [1.82, 2.24) is 9.88 Å². The lowest BCUT2D eigenvalue weighted by Crippen LogP contribution is -2.21. The Hall–Kier alpha value is -0.760. The van der Waals surface area contributed by atoms with Crippen molar-refractivity contribution in [2.45, 2.75) is 71.4 Å². The van der Waals surface area contributed by atoms with Gasteiger partial charge in [0.25, 0.3) is 0 Å². The molecule has 1 heterocycles. The van der Waals surface area contributed by atoms with Crippen molar-refractivity contribution < 1.29 is 0 Å². The molecule has 3 rings (SSSR count). The number of aromatic nitrogens is 1. The first-order valence-corrected chi connectivity index (χ1v) is 9.19. The average Bonchev–Trinajstić information content (AvgIpc) is 3.20. The average molecular weight is 288 g/mol. The minimum absolute atomic E-state index is 0.552. The smallest absolute Gasteiger partial charge is 0.0335 e. The minimum Gasteiger partial charge on any atom is -0.354 e. The Kier molecular flexibility index (Phi) is 5.05. The van der Waals surface area contributed by atoms with E-state index in [4.69, 9.17) is 0 Å². The number of rotatable bonds is 8. The first-order valence-electron chi connectivity index (χ1n) is 9.19. The summed E-state index contributed by atoms with van der Waals surface area (Å²) < 4.78 is 2.47. The van der Waals surface area contributed by atoms with E-state index in [0.717, 1.165) is 24.3 Å². The second kappa shape index (κ2) is 7.00. The van der Waals surface area contributed by atoms with Crippen molar-refractivity contribution in [3.63, 3.8) is 0 Å². The van der Waals surface area contributed by atoms with Crippen molar-refractivity contribution in [3.05, 3.63) is 24.0 Å². The Morgan fingerprint density at radius 2 is 2.14 bits per heavy atom. The van der Waals surface area contributed by atoms with Gasteiger partial charge in [0.2, 0.25) is 0 Å². The fraction of sp³-hybridized carbons (Fsp3) is 0.789. The van der Waals surface area contributed by atoms with E-state index < -0.39 is 0 Å². The van der Waals surface area contributed by atoms with Crippen LogP contribution in [-0.2, 0) is 6.54 Å². The molecule has 1 N–H and O–H groups in total. The molecule has 2 saturated carbocycles. The van der Waals surface area contributed by atoms with E-state index in [1.165, 1.54) is 57.1 Å². The Morgan fingerprint density at radius 1 is 1.24 bits per heavy atom. The van der Waals surface area contributed by atoms with E-state index in [9.17, 15) is 0 Å². The molecule has 2 heteroatoms. The van der Waals surface area contributed by atoms with Crippen LogP contribution in [0.4, 0.5) is 0 Å². The quantitative estimate of drug-likeness (QED) is 0.729. The molecule has 118 valence electrons. The molecular weight excluding hydrogens is 256 g/mol. The predicted octanol–water partition coefficient (Wildman–Crippen LogP) is 4.77. The lowest BCUT2D eigenvalue weighted by Gasteiger charge is -2.22. The van der Waals surface area contributed by atoms with Crippen LogP contribution in [0.3, 0.4) is 0 Å². The molecule has 0 saturated heterocycles. The number of hydrogen-bond acceptors (Lipinski definition) is 1. The number of nitrogens with one attached hydrogen (secondary N) is 1. The topological polar surface area (TPSA) is 17.0 Å². The number of fused-ring (bicyclic) bond motifs is 2. The standard InChI is InChI=1S/C19H32N2/c1-3-5-19(20-9-4-2)17-8-10-21(13-17)14-18-12-15-6-7-16(18)11-15/h8,10,13,15-16,18-20H,3-7,9,11-12,14H2,1-2H3. The third kappa shape index (κ3) is 3.53. The number of hydrogen-bond donors (Lipinski definition) is 1. The van der Waals surface area contributed by atoms with Gasteiger partial charge in [-0.1, -0.05) is 26.7 Å². The molecule has 1 aromatic heterocycles. The van der Waals surface area contributed by atoms with Gasteiger partial charge in [-0.05, 0) is 68.0 Å². The van der Waals surface area contributed by atoms with Crippen LogP contribution in [0.25, 0.3) is 0 Å². The van der Waals surface area contributed by atoms with Crippen LogP contribution in [0.2, 0.25) is 0 Å². The fourth-order valence-electron chi connectivity index (χ4n) is 4.64.